The van der Waals surface area contributed by atoms with Crippen LogP contribution in [0.4, 0.5) is 0 Å². The first-order valence-corrected chi connectivity index (χ1v) is 6.91. The molecule has 2 rings (SSSR count). The summed E-state index contributed by atoms with van der Waals surface area (Å²) in [5.41, 5.74) is 0. The highest BCUT2D eigenvalue weighted by Gasteiger charge is 2.14. The van der Waals surface area contributed by atoms with Gasteiger partial charge in [0.25, 0.3) is 0 Å². The molecule has 0 aliphatic carbocycles. The van der Waals surface area contributed by atoms with E-state index in [9.17, 15) is 0 Å². The lowest BCUT2D eigenvalue weighted by Crippen LogP contribution is -2.13. The second-order valence-electron chi connectivity index (χ2n) is 5.45. The van der Waals surface area contributed by atoms with Crippen LogP contribution in [0.5, 0.6) is 0 Å². The van der Waals surface area contributed by atoms with Gasteiger partial charge in [-0.05, 0) is 37.8 Å². The molecular formula is C13H24N4O. The van der Waals surface area contributed by atoms with E-state index < -0.39 is 0 Å². The van der Waals surface area contributed by atoms with Crippen LogP contribution < -0.4 is 5.32 Å². The number of hydrogen-bond donors (Lipinski definition) is 1. The predicted molar refractivity (Wildman–Crippen MR) is 70.1 cm³/mol. The molecule has 5 heteroatoms. The number of rotatable bonds is 7. The smallest absolute Gasteiger partial charge is 0.152 e. The minimum absolute atomic E-state index is 0.576. The van der Waals surface area contributed by atoms with E-state index in [1.807, 2.05) is 4.68 Å². The second-order valence-corrected chi connectivity index (χ2v) is 5.45. The molecule has 0 amide bonds. The summed E-state index contributed by atoms with van der Waals surface area (Å²) in [5.74, 6) is 2.31. The number of nitrogens with zero attached hydrogens (tertiary/aromatic N) is 3. The molecule has 0 saturated carbocycles. The van der Waals surface area contributed by atoms with E-state index in [0.29, 0.717) is 12.5 Å². The maximum absolute atomic E-state index is 5.71. The summed E-state index contributed by atoms with van der Waals surface area (Å²) in [5, 5.41) is 7.60. The molecule has 0 bridgehead atoms. The molecule has 1 unspecified atom stereocenters. The van der Waals surface area contributed by atoms with Crippen molar-refractivity contribution < 1.29 is 4.74 Å². The van der Waals surface area contributed by atoms with Crippen LogP contribution in [0.15, 0.2) is 6.33 Å². The molecule has 102 valence electrons. The van der Waals surface area contributed by atoms with Gasteiger partial charge in [0.1, 0.15) is 12.9 Å². The molecule has 1 aliphatic rings. The second kappa shape index (κ2) is 6.85. The average Bonchev–Trinajstić information content (AvgIpc) is 2.95. The summed E-state index contributed by atoms with van der Waals surface area (Å²) in [6.45, 7) is 8.97. The maximum atomic E-state index is 5.71. The lowest BCUT2D eigenvalue weighted by Gasteiger charge is -2.10. The van der Waals surface area contributed by atoms with Crippen molar-refractivity contribution >= 4 is 0 Å². The van der Waals surface area contributed by atoms with E-state index in [2.05, 4.69) is 29.2 Å². The molecule has 5 nitrogen and oxygen atoms in total. The fraction of sp³-hybridized carbons (Fsp3) is 0.846. The van der Waals surface area contributed by atoms with Crippen molar-refractivity contribution in [2.45, 2.75) is 39.8 Å². The molecule has 18 heavy (non-hydrogen) atoms. The summed E-state index contributed by atoms with van der Waals surface area (Å²) in [7, 11) is 0. The number of hydrogen-bond acceptors (Lipinski definition) is 4. The molecule has 0 radical (unpaired) electrons. The van der Waals surface area contributed by atoms with Gasteiger partial charge in [-0.2, -0.15) is 5.10 Å². The highest BCUT2D eigenvalue weighted by molar-refractivity contribution is 4.81. The third kappa shape index (κ3) is 4.07. The zero-order chi connectivity index (χ0) is 12.8. The Bertz CT molecular complexity index is 345. The van der Waals surface area contributed by atoms with Gasteiger partial charge in [0, 0.05) is 13.2 Å². The van der Waals surface area contributed by atoms with Crippen LogP contribution in [0.2, 0.25) is 0 Å². The van der Waals surface area contributed by atoms with E-state index in [-0.39, 0.29) is 0 Å². The van der Waals surface area contributed by atoms with Gasteiger partial charge in [0.2, 0.25) is 0 Å². The van der Waals surface area contributed by atoms with Gasteiger partial charge in [-0.25, -0.2) is 9.67 Å². The fourth-order valence-electron chi connectivity index (χ4n) is 2.27. The van der Waals surface area contributed by atoms with E-state index in [1.165, 1.54) is 6.42 Å². The molecule has 1 fully saturated rings. The summed E-state index contributed by atoms with van der Waals surface area (Å²) in [6.07, 6.45) is 4.04. The molecular weight excluding hydrogens is 228 g/mol. The maximum Gasteiger partial charge on any atom is 0.152 e. The van der Waals surface area contributed by atoms with Crippen molar-refractivity contribution in [2.75, 3.05) is 19.7 Å². The summed E-state index contributed by atoms with van der Waals surface area (Å²) >= 11 is 0. The van der Waals surface area contributed by atoms with Crippen LogP contribution in [0, 0.1) is 11.8 Å². The highest BCUT2D eigenvalue weighted by Crippen LogP contribution is 2.12. The zero-order valence-electron chi connectivity index (χ0n) is 11.4. The monoisotopic (exact) mass is 252 g/mol. The van der Waals surface area contributed by atoms with Crippen molar-refractivity contribution in [2.24, 2.45) is 11.8 Å². The Morgan fingerprint density at radius 2 is 2.44 bits per heavy atom. The van der Waals surface area contributed by atoms with Crippen LogP contribution in [0.1, 0.15) is 32.5 Å². The van der Waals surface area contributed by atoms with Gasteiger partial charge in [-0.15, -0.1) is 0 Å². The van der Waals surface area contributed by atoms with E-state index in [4.69, 9.17) is 4.74 Å². The number of nitrogens with one attached hydrogen (secondary N) is 1. The normalized spacial score (nSPS) is 19.8. The number of aromatic nitrogens is 3. The van der Waals surface area contributed by atoms with Crippen LogP contribution in [-0.4, -0.2) is 34.5 Å². The van der Waals surface area contributed by atoms with Crippen LogP contribution in [-0.2, 0) is 17.9 Å². The topological polar surface area (TPSA) is 52.0 Å². The van der Waals surface area contributed by atoms with E-state index >= 15 is 0 Å². The predicted octanol–water partition coefficient (Wildman–Crippen LogP) is 1.45. The number of ether oxygens (including phenoxy) is 1. The van der Waals surface area contributed by atoms with Crippen molar-refractivity contribution in [1.29, 1.82) is 0 Å². The van der Waals surface area contributed by atoms with Crippen molar-refractivity contribution in [3.05, 3.63) is 12.2 Å². The summed E-state index contributed by atoms with van der Waals surface area (Å²) in [4.78, 5) is 4.25. The Labute approximate surface area is 109 Å². The Hall–Kier alpha value is -0.940. The Morgan fingerprint density at radius 1 is 1.56 bits per heavy atom. The highest BCUT2D eigenvalue weighted by atomic mass is 16.5. The summed E-state index contributed by atoms with van der Waals surface area (Å²) in [6, 6.07) is 0. The molecule has 1 saturated heterocycles. The molecule has 1 aromatic rings. The third-order valence-corrected chi connectivity index (χ3v) is 3.30. The van der Waals surface area contributed by atoms with Gasteiger partial charge < -0.3 is 10.1 Å². The molecule has 1 atom stereocenters. The minimum Gasteiger partial charge on any atom is -0.373 e. The minimum atomic E-state index is 0.576. The first-order valence-electron chi connectivity index (χ1n) is 6.91. The van der Waals surface area contributed by atoms with Gasteiger partial charge >= 0.3 is 0 Å². The van der Waals surface area contributed by atoms with Crippen molar-refractivity contribution in [3.8, 4) is 0 Å². The van der Waals surface area contributed by atoms with Gasteiger partial charge in [0.05, 0.1) is 0 Å². The largest absolute Gasteiger partial charge is 0.373 e. The quantitative estimate of drug-likeness (QED) is 0.746. The van der Waals surface area contributed by atoms with Crippen LogP contribution in [0.3, 0.4) is 0 Å². The SMILES string of the molecule is CC(C)Cn1ncnc1COCCC1CCNC1. The lowest BCUT2D eigenvalue weighted by atomic mass is 10.1. The van der Waals surface area contributed by atoms with Gasteiger partial charge in [-0.1, -0.05) is 13.8 Å². The first-order chi connectivity index (χ1) is 8.75. The molecule has 0 aromatic carbocycles. The standard InChI is InChI=1S/C13H24N4O/c1-11(2)8-17-13(15-10-16-17)9-18-6-4-12-3-5-14-7-12/h10-12,14H,3-9H2,1-2H3. The molecule has 0 spiro atoms. The van der Waals surface area contributed by atoms with E-state index in [0.717, 1.165) is 44.4 Å². The van der Waals surface area contributed by atoms with Crippen molar-refractivity contribution in [1.82, 2.24) is 20.1 Å². The Kier molecular flexibility index (Phi) is 5.13. The van der Waals surface area contributed by atoms with Crippen molar-refractivity contribution in [3.63, 3.8) is 0 Å². The van der Waals surface area contributed by atoms with E-state index in [1.54, 1.807) is 6.33 Å². The molecule has 2 heterocycles. The Morgan fingerprint density at radius 3 is 3.17 bits per heavy atom. The first kappa shape index (κ1) is 13.5. The lowest BCUT2D eigenvalue weighted by molar-refractivity contribution is 0.100. The Balaban J connectivity index is 1.67. The average molecular weight is 252 g/mol. The van der Waals surface area contributed by atoms with Gasteiger partial charge in [0.15, 0.2) is 5.82 Å². The van der Waals surface area contributed by atoms with Crippen LogP contribution >= 0.6 is 0 Å². The fourth-order valence-corrected chi connectivity index (χ4v) is 2.27. The molecule has 1 aliphatic heterocycles. The van der Waals surface area contributed by atoms with Crippen LogP contribution in [0.25, 0.3) is 0 Å². The van der Waals surface area contributed by atoms with Gasteiger partial charge in [-0.3, -0.25) is 0 Å². The third-order valence-electron chi connectivity index (χ3n) is 3.30. The molecule has 1 aromatic heterocycles. The molecule has 1 N–H and O–H groups in total. The zero-order valence-corrected chi connectivity index (χ0v) is 11.4. The summed E-state index contributed by atoms with van der Waals surface area (Å²) < 4.78 is 7.66.